The summed E-state index contributed by atoms with van der Waals surface area (Å²) >= 11 is 0. The highest BCUT2D eigenvalue weighted by molar-refractivity contribution is 5.76. The van der Waals surface area contributed by atoms with Crippen LogP contribution in [0.15, 0.2) is 12.2 Å². The first-order valence-corrected chi connectivity index (χ1v) is 28.0. The van der Waals surface area contributed by atoms with Gasteiger partial charge in [0.25, 0.3) is 0 Å². The van der Waals surface area contributed by atoms with Gasteiger partial charge in [0.2, 0.25) is 5.91 Å². The maximum Gasteiger partial charge on any atom is 0.220 e. The van der Waals surface area contributed by atoms with Gasteiger partial charge in [0.15, 0.2) is 0 Å². The summed E-state index contributed by atoms with van der Waals surface area (Å²) in [5.41, 5.74) is 0. The highest BCUT2D eigenvalue weighted by atomic mass is 16.3. The van der Waals surface area contributed by atoms with Crippen molar-refractivity contribution in [1.29, 1.82) is 0 Å². The van der Waals surface area contributed by atoms with Crippen molar-refractivity contribution in [1.82, 2.24) is 5.32 Å². The molecule has 5 nitrogen and oxygen atoms in total. The van der Waals surface area contributed by atoms with Crippen LogP contribution in [0.3, 0.4) is 0 Å². The van der Waals surface area contributed by atoms with Crippen molar-refractivity contribution in [3.63, 3.8) is 0 Å². The van der Waals surface area contributed by atoms with Gasteiger partial charge in [-0.3, -0.25) is 4.79 Å². The average molecular weight is 863 g/mol. The second-order valence-electron chi connectivity index (χ2n) is 19.5. The van der Waals surface area contributed by atoms with Gasteiger partial charge >= 0.3 is 0 Å². The summed E-state index contributed by atoms with van der Waals surface area (Å²) in [6.07, 6.45) is 63.6. The number of nitrogens with one attached hydrogen (secondary N) is 1. The van der Waals surface area contributed by atoms with Crippen LogP contribution in [0.5, 0.6) is 0 Å². The third kappa shape index (κ3) is 46.9. The summed E-state index contributed by atoms with van der Waals surface area (Å²) in [6.45, 7) is 4.22. The molecule has 0 aliphatic heterocycles. The first-order chi connectivity index (χ1) is 30.1. The van der Waals surface area contributed by atoms with E-state index >= 15 is 0 Å². The lowest BCUT2D eigenvalue weighted by molar-refractivity contribution is -0.124. The molecule has 0 fully saturated rings. The number of carbonyl (C=O) groups excluding carboxylic acids is 1. The average Bonchev–Trinajstić information content (AvgIpc) is 3.26. The summed E-state index contributed by atoms with van der Waals surface area (Å²) in [6, 6.07) is -0.808. The van der Waals surface area contributed by atoms with Gasteiger partial charge in [-0.15, -0.1) is 0 Å². The van der Waals surface area contributed by atoms with Gasteiger partial charge in [-0.1, -0.05) is 283 Å². The Morgan fingerprint density at radius 1 is 0.393 bits per heavy atom. The SMILES string of the molecule is CCCCCCCCCCCCCC/C=C\CCCCCCCCCCCCC(=O)NC(CO)C(O)C(O)CCCCCCCCCCCCCCCCCCCCCCC. The van der Waals surface area contributed by atoms with E-state index in [1.165, 1.54) is 257 Å². The molecule has 3 atom stereocenters. The van der Waals surface area contributed by atoms with Crippen molar-refractivity contribution >= 4 is 5.91 Å². The van der Waals surface area contributed by atoms with Crippen LogP contribution in [-0.2, 0) is 4.79 Å². The summed E-state index contributed by atoms with van der Waals surface area (Å²) in [4.78, 5) is 12.5. The Labute approximate surface area is 382 Å². The molecule has 61 heavy (non-hydrogen) atoms. The van der Waals surface area contributed by atoms with Crippen molar-refractivity contribution in [3.05, 3.63) is 12.2 Å². The van der Waals surface area contributed by atoms with Gasteiger partial charge in [0, 0.05) is 6.42 Å². The molecule has 364 valence electrons. The van der Waals surface area contributed by atoms with Crippen LogP contribution in [0.2, 0.25) is 0 Å². The van der Waals surface area contributed by atoms with E-state index in [4.69, 9.17) is 0 Å². The minimum Gasteiger partial charge on any atom is -0.394 e. The lowest BCUT2D eigenvalue weighted by Crippen LogP contribution is -2.50. The van der Waals surface area contributed by atoms with Gasteiger partial charge < -0.3 is 20.6 Å². The van der Waals surface area contributed by atoms with E-state index in [0.29, 0.717) is 12.8 Å². The largest absolute Gasteiger partial charge is 0.394 e. The zero-order valence-electron chi connectivity index (χ0n) is 41.6. The van der Waals surface area contributed by atoms with E-state index in [0.717, 1.165) is 32.1 Å². The van der Waals surface area contributed by atoms with Crippen molar-refractivity contribution in [2.24, 2.45) is 0 Å². The van der Waals surface area contributed by atoms with E-state index in [-0.39, 0.29) is 12.5 Å². The lowest BCUT2D eigenvalue weighted by atomic mass is 9.99. The highest BCUT2D eigenvalue weighted by Crippen LogP contribution is 2.18. The van der Waals surface area contributed by atoms with Crippen molar-refractivity contribution in [3.8, 4) is 0 Å². The predicted molar refractivity (Wildman–Crippen MR) is 269 cm³/mol. The van der Waals surface area contributed by atoms with E-state index in [1.807, 2.05) is 0 Å². The van der Waals surface area contributed by atoms with E-state index in [2.05, 4.69) is 31.3 Å². The molecule has 0 spiro atoms. The van der Waals surface area contributed by atoms with Crippen LogP contribution < -0.4 is 5.32 Å². The summed E-state index contributed by atoms with van der Waals surface area (Å²) < 4.78 is 0. The fourth-order valence-corrected chi connectivity index (χ4v) is 9.04. The Hall–Kier alpha value is -0.910. The Morgan fingerprint density at radius 3 is 0.951 bits per heavy atom. The second kappa shape index (κ2) is 51.7. The highest BCUT2D eigenvalue weighted by Gasteiger charge is 2.26. The van der Waals surface area contributed by atoms with Crippen LogP contribution >= 0.6 is 0 Å². The third-order valence-corrected chi connectivity index (χ3v) is 13.4. The maximum atomic E-state index is 12.5. The number of hydrogen-bond acceptors (Lipinski definition) is 4. The molecule has 0 aromatic carbocycles. The van der Waals surface area contributed by atoms with Crippen LogP contribution in [0.4, 0.5) is 0 Å². The Bertz CT molecular complexity index is 864. The smallest absolute Gasteiger partial charge is 0.220 e. The molecule has 4 N–H and O–H groups in total. The Morgan fingerprint density at radius 2 is 0.656 bits per heavy atom. The molecule has 3 unspecified atom stereocenters. The van der Waals surface area contributed by atoms with E-state index < -0.39 is 18.2 Å². The zero-order chi connectivity index (χ0) is 44.4. The fourth-order valence-electron chi connectivity index (χ4n) is 9.04. The first-order valence-electron chi connectivity index (χ1n) is 28.0. The van der Waals surface area contributed by atoms with E-state index in [1.54, 1.807) is 0 Å². The predicted octanol–water partition coefficient (Wildman–Crippen LogP) is 17.1. The number of aliphatic hydroxyl groups is 3. The summed E-state index contributed by atoms with van der Waals surface area (Å²) in [5, 5.41) is 33.8. The standard InChI is InChI=1S/C56H111NO4/c1-3-5-7-9-11-13-15-17-19-21-23-25-26-27-28-29-31-33-35-37-39-41-43-45-47-49-51-55(60)57-53(52-58)56(61)54(59)50-48-46-44-42-40-38-36-34-32-30-24-22-20-18-16-14-12-10-8-6-4-2/h27-28,53-54,56,58-59,61H,3-26,29-52H2,1-2H3,(H,57,60)/b28-27-. The number of rotatable bonds is 52. The number of amides is 1. The zero-order valence-corrected chi connectivity index (χ0v) is 41.6. The van der Waals surface area contributed by atoms with Crippen LogP contribution in [0, 0.1) is 0 Å². The van der Waals surface area contributed by atoms with Crippen LogP contribution in [-0.4, -0.2) is 46.1 Å². The van der Waals surface area contributed by atoms with Crippen molar-refractivity contribution in [2.45, 2.75) is 334 Å². The van der Waals surface area contributed by atoms with E-state index in [9.17, 15) is 20.1 Å². The van der Waals surface area contributed by atoms with Gasteiger partial charge in [-0.05, 0) is 38.5 Å². The number of unbranched alkanes of at least 4 members (excludes halogenated alkanes) is 42. The van der Waals surface area contributed by atoms with Gasteiger partial charge in [-0.2, -0.15) is 0 Å². The molecule has 0 saturated heterocycles. The lowest BCUT2D eigenvalue weighted by Gasteiger charge is -2.26. The number of hydrogen-bond donors (Lipinski definition) is 4. The van der Waals surface area contributed by atoms with Crippen molar-refractivity contribution in [2.75, 3.05) is 6.61 Å². The summed E-state index contributed by atoms with van der Waals surface area (Å²) in [7, 11) is 0. The van der Waals surface area contributed by atoms with Crippen LogP contribution in [0.1, 0.15) is 316 Å². The van der Waals surface area contributed by atoms with Gasteiger partial charge in [0.05, 0.1) is 18.8 Å². The van der Waals surface area contributed by atoms with Gasteiger partial charge in [-0.25, -0.2) is 0 Å². The minimum atomic E-state index is -1.13. The molecule has 0 heterocycles. The number of allylic oxidation sites excluding steroid dienone is 2. The molecule has 0 bridgehead atoms. The molecule has 0 aromatic rings. The molecule has 5 heteroatoms. The molecule has 0 aliphatic rings. The minimum absolute atomic E-state index is 0.140. The molecule has 1 amide bonds. The Balaban J connectivity index is 3.52. The van der Waals surface area contributed by atoms with Crippen LogP contribution in [0.25, 0.3) is 0 Å². The van der Waals surface area contributed by atoms with Crippen molar-refractivity contribution < 1.29 is 20.1 Å². The first kappa shape index (κ1) is 60.1. The second-order valence-corrected chi connectivity index (χ2v) is 19.5. The van der Waals surface area contributed by atoms with Gasteiger partial charge in [0.1, 0.15) is 6.10 Å². The molecular formula is C56H111NO4. The molecule has 0 radical (unpaired) electrons. The normalized spacial score (nSPS) is 13.3. The number of aliphatic hydroxyl groups excluding tert-OH is 3. The topological polar surface area (TPSA) is 89.8 Å². The molecule has 0 rings (SSSR count). The fraction of sp³-hybridized carbons (Fsp3) is 0.946. The third-order valence-electron chi connectivity index (χ3n) is 13.4. The monoisotopic (exact) mass is 862 g/mol. The quantitative estimate of drug-likeness (QED) is 0.0362. The molecular weight excluding hydrogens is 751 g/mol. The summed E-state index contributed by atoms with van der Waals surface area (Å²) in [5.74, 6) is -0.140. The molecule has 0 saturated carbocycles. The maximum absolute atomic E-state index is 12.5. The molecule has 0 aliphatic carbocycles. The molecule has 0 aromatic heterocycles. The Kier molecular flexibility index (Phi) is 51.0. The number of carbonyl (C=O) groups is 1.